The van der Waals surface area contributed by atoms with Gasteiger partial charge in [-0.15, -0.1) is 0 Å². The van der Waals surface area contributed by atoms with E-state index in [4.69, 9.17) is 15.8 Å². The number of carbonyl (C=O) groups is 3. The number of anilines is 1. The first-order valence-corrected chi connectivity index (χ1v) is 17.1. The molecule has 1 aromatic carbocycles. The van der Waals surface area contributed by atoms with E-state index in [2.05, 4.69) is 33.4 Å². The SMILES string of the molecule is C/C=S(/C=C/c1c(C)cc(N(C)C(N)=O)cc1C)N1CCC2(CC1)N=C(CCCCCCCCCCCC(=O)O)NC2=O. The lowest BCUT2D eigenvalue weighted by Gasteiger charge is -2.36. The summed E-state index contributed by atoms with van der Waals surface area (Å²) in [6, 6.07) is 3.49. The number of urea groups is 1. The van der Waals surface area contributed by atoms with Crippen molar-refractivity contribution < 1.29 is 19.5 Å². The van der Waals surface area contributed by atoms with Crippen LogP contribution < -0.4 is 16.0 Å². The fraction of sp³-hybridized carbons (Fsp3) is 0.606. The van der Waals surface area contributed by atoms with Crippen LogP contribution in [0.2, 0.25) is 0 Å². The maximum atomic E-state index is 13.0. The number of aliphatic imine (C=N–C) groups is 1. The van der Waals surface area contributed by atoms with E-state index >= 15 is 0 Å². The van der Waals surface area contributed by atoms with Gasteiger partial charge < -0.3 is 16.2 Å². The Morgan fingerprint density at radius 3 is 2.14 bits per heavy atom. The first-order valence-electron chi connectivity index (χ1n) is 15.8. The van der Waals surface area contributed by atoms with Crippen LogP contribution in [0.3, 0.4) is 0 Å². The lowest BCUT2D eigenvalue weighted by molar-refractivity contribution is -0.137. The zero-order valence-electron chi connectivity index (χ0n) is 26.5. The molecule has 1 unspecified atom stereocenters. The summed E-state index contributed by atoms with van der Waals surface area (Å²) in [5.74, 6) is 0.219. The molecular weight excluding hydrogens is 562 g/mol. The summed E-state index contributed by atoms with van der Waals surface area (Å²) in [4.78, 5) is 41.5. The number of aryl methyl sites for hydroxylation is 2. The highest BCUT2D eigenvalue weighted by molar-refractivity contribution is 8.15. The molecule has 1 saturated heterocycles. The highest BCUT2D eigenvalue weighted by atomic mass is 32.2. The molecule has 0 saturated carbocycles. The number of nitrogens with two attached hydrogens (primary N) is 1. The maximum Gasteiger partial charge on any atom is 0.318 e. The summed E-state index contributed by atoms with van der Waals surface area (Å²) >= 11 is 0. The predicted octanol–water partition coefficient (Wildman–Crippen LogP) is 6.53. The highest BCUT2D eigenvalue weighted by Crippen LogP contribution is 2.36. The predicted molar refractivity (Wildman–Crippen MR) is 180 cm³/mol. The smallest absolute Gasteiger partial charge is 0.318 e. The summed E-state index contributed by atoms with van der Waals surface area (Å²) < 4.78 is 2.44. The second-order valence-electron chi connectivity index (χ2n) is 11.8. The molecule has 2 aliphatic heterocycles. The minimum absolute atomic E-state index is 0.0632. The van der Waals surface area contributed by atoms with Crippen LogP contribution in [-0.2, 0) is 9.59 Å². The second kappa shape index (κ2) is 16.8. The topological polar surface area (TPSA) is 128 Å². The van der Waals surface area contributed by atoms with Crippen LogP contribution in [0.1, 0.15) is 107 Å². The third kappa shape index (κ3) is 10.0. The molecule has 1 aromatic rings. The number of nitrogens with zero attached hydrogens (tertiary/aromatic N) is 3. The van der Waals surface area contributed by atoms with Crippen LogP contribution in [-0.4, -0.2) is 64.2 Å². The quantitative estimate of drug-likeness (QED) is 0.144. The van der Waals surface area contributed by atoms with Crippen molar-refractivity contribution in [2.45, 2.75) is 110 Å². The fourth-order valence-corrected chi connectivity index (χ4v) is 7.41. The molecule has 3 rings (SSSR count). The van der Waals surface area contributed by atoms with E-state index in [1.165, 1.54) is 30.6 Å². The van der Waals surface area contributed by atoms with Crippen LogP contribution in [0.15, 0.2) is 22.5 Å². The fourth-order valence-electron chi connectivity index (χ4n) is 5.90. The third-order valence-corrected chi connectivity index (χ3v) is 10.5. The molecule has 3 amide bonds. The van der Waals surface area contributed by atoms with Gasteiger partial charge in [0.15, 0.2) is 0 Å². The van der Waals surface area contributed by atoms with E-state index in [1.807, 2.05) is 26.0 Å². The number of hydrogen-bond acceptors (Lipinski definition) is 5. The molecule has 238 valence electrons. The lowest BCUT2D eigenvalue weighted by atomic mass is 9.89. The maximum absolute atomic E-state index is 13.0. The molecule has 0 aliphatic carbocycles. The number of nitrogens with one attached hydrogen (secondary N) is 1. The summed E-state index contributed by atoms with van der Waals surface area (Å²) in [5.41, 5.74) is 8.94. The monoisotopic (exact) mass is 613 g/mol. The first kappa shape index (κ1) is 34.5. The molecule has 9 nitrogen and oxygen atoms in total. The average Bonchev–Trinajstić information content (AvgIpc) is 3.26. The van der Waals surface area contributed by atoms with Crippen molar-refractivity contribution in [1.82, 2.24) is 9.62 Å². The third-order valence-electron chi connectivity index (χ3n) is 8.59. The van der Waals surface area contributed by atoms with Gasteiger partial charge in [0.1, 0.15) is 11.4 Å². The lowest BCUT2D eigenvalue weighted by Crippen LogP contribution is -2.47. The average molecular weight is 614 g/mol. The van der Waals surface area contributed by atoms with Crippen molar-refractivity contribution in [3.63, 3.8) is 0 Å². The van der Waals surface area contributed by atoms with Crippen LogP contribution in [0.5, 0.6) is 0 Å². The zero-order chi connectivity index (χ0) is 31.4. The summed E-state index contributed by atoms with van der Waals surface area (Å²) in [6.45, 7) is 7.82. The standard InChI is InChI=1S/C33H51N5O4S/c1-5-43(22-17-28-25(2)23-27(24-26(28)3)37(4)32(34)42)38-20-18-33(19-21-38)31(41)35-29(36-33)15-13-11-9-7-6-8-10-12-14-16-30(39)40/h5,17,22-24H,6-16,18-21H2,1-4H3,(H2,34,42)(H,39,40)(H,35,36,41)/b22-17+. The van der Waals surface area contributed by atoms with Crippen LogP contribution in [0.4, 0.5) is 10.5 Å². The van der Waals surface area contributed by atoms with Gasteiger partial charge in [0.25, 0.3) is 5.91 Å². The Morgan fingerprint density at radius 1 is 1.05 bits per heavy atom. The van der Waals surface area contributed by atoms with Crippen molar-refractivity contribution in [3.8, 4) is 0 Å². The van der Waals surface area contributed by atoms with Gasteiger partial charge in [0.05, 0.1) is 0 Å². The van der Waals surface area contributed by atoms with Crippen molar-refractivity contribution in [1.29, 1.82) is 0 Å². The molecule has 10 heteroatoms. The van der Waals surface area contributed by atoms with Gasteiger partial charge in [-0.2, -0.15) is 0 Å². The molecule has 0 radical (unpaired) electrons. The number of hydrogen-bond donors (Lipinski definition) is 3. The Morgan fingerprint density at radius 2 is 1.60 bits per heavy atom. The van der Waals surface area contributed by atoms with Gasteiger partial charge in [-0.1, -0.05) is 55.6 Å². The van der Waals surface area contributed by atoms with Crippen molar-refractivity contribution in [2.24, 2.45) is 10.7 Å². The number of primary amides is 1. The molecule has 1 fully saturated rings. The van der Waals surface area contributed by atoms with Crippen LogP contribution >= 0.6 is 10.7 Å². The van der Waals surface area contributed by atoms with Crippen molar-refractivity contribution in [3.05, 3.63) is 34.2 Å². The highest BCUT2D eigenvalue weighted by Gasteiger charge is 2.45. The van der Waals surface area contributed by atoms with E-state index < -0.39 is 17.5 Å². The summed E-state index contributed by atoms with van der Waals surface area (Å²) in [5, 5.41) is 16.2. The van der Waals surface area contributed by atoms with Crippen molar-refractivity contribution in [2.75, 3.05) is 25.0 Å². The number of amides is 3. The van der Waals surface area contributed by atoms with Crippen molar-refractivity contribution >= 4 is 51.5 Å². The summed E-state index contributed by atoms with van der Waals surface area (Å²) in [6.07, 6.45) is 14.6. The number of benzene rings is 1. The van der Waals surface area contributed by atoms with Gasteiger partial charge in [0.2, 0.25) is 0 Å². The van der Waals surface area contributed by atoms with E-state index in [0.717, 1.165) is 92.7 Å². The normalized spacial score (nSPS) is 17.4. The van der Waals surface area contributed by atoms with E-state index in [0.29, 0.717) is 0 Å². The van der Waals surface area contributed by atoms with Crippen LogP contribution in [0.25, 0.3) is 6.08 Å². The number of carboxylic acid groups (broad SMARTS) is 1. The Bertz CT molecular complexity index is 1210. The second-order valence-corrected chi connectivity index (χ2v) is 13.8. The van der Waals surface area contributed by atoms with Gasteiger partial charge in [-0.25, -0.2) is 4.79 Å². The Kier molecular flexibility index (Phi) is 13.4. The Balaban J connectivity index is 1.44. The number of carboxylic acids is 1. The molecule has 0 bridgehead atoms. The summed E-state index contributed by atoms with van der Waals surface area (Å²) in [7, 11) is 1.51. The Hall–Kier alpha value is -2.98. The number of piperidine rings is 1. The first-order chi connectivity index (χ1) is 20.6. The zero-order valence-corrected chi connectivity index (χ0v) is 27.3. The van der Waals surface area contributed by atoms with E-state index in [1.54, 1.807) is 7.05 Å². The number of amidine groups is 1. The number of aliphatic carboxylic acids is 1. The minimum atomic E-state index is -0.699. The Labute approximate surface area is 260 Å². The minimum Gasteiger partial charge on any atom is -0.481 e. The molecule has 1 atom stereocenters. The molecule has 4 N–H and O–H groups in total. The number of rotatable bonds is 16. The van der Waals surface area contributed by atoms with Crippen LogP contribution in [0, 0.1) is 13.8 Å². The molecule has 2 aliphatic rings. The molecule has 1 spiro atoms. The van der Waals surface area contributed by atoms with Gasteiger partial charge in [-0.05, 0) is 92.1 Å². The molecule has 43 heavy (non-hydrogen) atoms. The molecule has 0 aromatic heterocycles. The van der Waals surface area contributed by atoms with E-state index in [-0.39, 0.29) is 23.0 Å². The van der Waals surface area contributed by atoms with Gasteiger partial charge >= 0.3 is 12.0 Å². The van der Waals surface area contributed by atoms with Gasteiger partial charge in [0, 0.05) is 38.7 Å². The van der Waals surface area contributed by atoms with E-state index in [9.17, 15) is 14.4 Å². The number of carbonyl (C=O) groups excluding carboxylic acids is 2. The number of unbranched alkanes of at least 4 members (excludes halogenated alkanes) is 8. The largest absolute Gasteiger partial charge is 0.481 e. The molecular formula is C33H51N5O4S. The van der Waals surface area contributed by atoms with Gasteiger partial charge in [-0.3, -0.25) is 23.8 Å². The molecule has 2 heterocycles.